The molecule has 1 aliphatic rings. The zero-order valence-corrected chi connectivity index (χ0v) is 18.9. The molecule has 2 aromatic carbocycles. The number of anilines is 1. The number of hydrogen-bond acceptors (Lipinski definition) is 4. The van der Waals surface area contributed by atoms with Crippen LogP contribution in [0.4, 0.5) is 23.2 Å². The molecule has 184 valence electrons. The number of alkyl halides is 3. The molecule has 0 unspecified atom stereocenters. The molecule has 0 spiro atoms. The van der Waals surface area contributed by atoms with Gasteiger partial charge in [-0.05, 0) is 61.7 Å². The molecule has 0 atom stereocenters. The van der Waals surface area contributed by atoms with E-state index in [9.17, 15) is 32.3 Å². The third-order valence-electron chi connectivity index (χ3n) is 6.17. The van der Waals surface area contributed by atoms with Gasteiger partial charge >= 0.3 is 6.18 Å². The normalized spacial score (nSPS) is 16.3. The van der Waals surface area contributed by atoms with Crippen LogP contribution < -0.4 is 5.32 Å². The fourth-order valence-electron chi connectivity index (χ4n) is 4.12. The average Bonchev–Trinajstić information content (AvgIpc) is 2.80. The van der Waals surface area contributed by atoms with Crippen molar-refractivity contribution >= 4 is 17.4 Å². The molecular weight excluding hydrogens is 452 g/mol. The number of ketones is 1. The number of amides is 1. The van der Waals surface area contributed by atoms with Gasteiger partial charge in [-0.3, -0.25) is 9.59 Å². The first kappa shape index (κ1) is 25.8. The van der Waals surface area contributed by atoms with Crippen LogP contribution >= 0.6 is 0 Å². The smallest absolute Gasteiger partial charge is 0.385 e. The van der Waals surface area contributed by atoms with E-state index < -0.39 is 23.2 Å². The van der Waals surface area contributed by atoms with Crippen molar-refractivity contribution in [2.75, 3.05) is 25.0 Å². The molecule has 3 rings (SSSR count). The Morgan fingerprint density at radius 1 is 1.12 bits per heavy atom. The summed E-state index contributed by atoms with van der Waals surface area (Å²) in [4.78, 5) is 26.4. The summed E-state index contributed by atoms with van der Waals surface area (Å²) in [5.41, 5.74) is -1.44. The highest BCUT2D eigenvalue weighted by Crippen LogP contribution is 2.36. The Hall–Kier alpha value is -2.78. The third-order valence-corrected chi connectivity index (χ3v) is 6.17. The minimum absolute atomic E-state index is 0.154. The number of aliphatic hydroxyl groups is 1. The molecule has 1 amide bonds. The Morgan fingerprint density at radius 2 is 1.82 bits per heavy atom. The topological polar surface area (TPSA) is 69.6 Å². The summed E-state index contributed by atoms with van der Waals surface area (Å²) in [5.74, 6) is -1.09. The van der Waals surface area contributed by atoms with Crippen LogP contribution in [0.1, 0.15) is 60.5 Å². The second-order valence-electron chi connectivity index (χ2n) is 8.57. The van der Waals surface area contributed by atoms with E-state index in [4.69, 9.17) is 0 Å². The summed E-state index contributed by atoms with van der Waals surface area (Å²) in [6.45, 7) is 3.19. The zero-order chi connectivity index (χ0) is 24.9. The summed E-state index contributed by atoms with van der Waals surface area (Å²) in [6.07, 6.45) is -3.00. The van der Waals surface area contributed by atoms with Crippen LogP contribution in [0.15, 0.2) is 42.5 Å². The van der Waals surface area contributed by atoms with Crippen molar-refractivity contribution in [2.24, 2.45) is 0 Å². The number of carbonyl (C=O) groups is 2. The molecule has 5 nitrogen and oxygen atoms in total. The zero-order valence-electron chi connectivity index (χ0n) is 18.9. The van der Waals surface area contributed by atoms with Gasteiger partial charge in [0.05, 0.1) is 16.9 Å². The molecule has 1 fully saturated rings. The minimum Gasteiger partial charge on any atom is -0.385 e. The van der Waals surface area contributed by atoms with E-state index in [1.807, 2.05) is 0 Å². The van der Waals surface area contributed by atoms with Crippen LogP contribution in [-0.4, -0.2) is 41.3 Å². The number of nitrogens with one attached hydrogen (secondary N) is 1. The van der Waals surface area contributed by atoms with Crippen molar-refractivity contribution in [3.05, 3.63) is 65.0 Å². The van der Waals surface area contributed by atoms with Gasteiger partial charge < -0.3 is 15.3 Å². The first-order valence-corrected chi connectivity index (χ1v) is 11.3. The van der Waals surface area contributed by atoms with E-state index in [0.717, 1.165) is 18.2 Å². The summed E-state index contributed by atoms with van der Waals surface area (Å²) in [7, 11) is 0. The summed E-state index contributed by atoms with van der Waals surface area (Å²) in [6, 6.07) is 8.47. The van der Waals surface area contributed by atoms with E-state index in [1.165, 1.54) is 24.3 Å². The molecule has 0 saturated carbocycles. The van der Waals surface area contributed by atoms with Gasteiger partial charge in [-0.15, -0.1) is 0 Å². The van der Waals surface area contributed by atoms with E-state index in [0.29, 0.717) is 26.1 Å². The molecular formula is C25H28F4N2O3. The van der Waals surface area contributed by atoms with Gasteiger partial charge in [0.15, 0.2) is 5.78 Å². The first-order chi connectivity index (χ1) is 16.0. The van der Waals surface area contributed by atoms with Crippen LogP contribution in [0, 0.1) is 5.82 Å². The fraction of sp³-hybridized carbons (Fsp3) is 0.440. The van der Waals surface area contributed by atoms with Gasteiger partial charge in [-0.25, -0.2) is 4.39 Å². The van der Waals surface area contributed by atoms with Gasteiger partial charge in [0.1, 0.15) is 5.82 Å². The van der Waals surface area contributed by atoms with Crippen LogP contribution in [0.2, 0.25) is 0 Å². The van der Waals surface area contributed by atoms with Gasteiger partial charge in [0.25, 0.3) is 0 Å². The van der Waals surface area contributed by atoms with E-state index in [1.54, 1.807) is 6.92 Å². The summed E-state index contributed by atoms with van der Waals surface area (Å²) >= 11 is 0. The van der Waals surface area contributed by atoms with Crippen molar-refractivity contribution in [1.82, 2.24) is 4.90 Å². The van der Waals surface area contributed by atoms with Crippen molar-refractivity contribution in [3.8, 4) is 0 Å². The summed E-state index contributed by atoms with van der Waals surface area (Å²) < 4.78 is 52.6. The Kier molecular flexibility index (Phi) is 8.09. The lowest BCUT2D eigenvalue weighted by Crippen LogP contribution is -2.43. The van der Waals surface area contributed by atoms with Crippen molar-refractivity contribution in [3.63, 3.8) is 0 Å². The number of nitrogens with zero attached hydrogens (tertiary/aromatic N) is 1. The number of likely N-dealkylation sites (tertiary alicyclic amines) is 1. The number of carbonyl (C=O) groups excluding carboxylic acids is 2. The molecule has 0 radical (unpaired) electrons. The molecule has 0 aromatic heterocycles. The Bertz CT molecular complexity index is 1030. The predicted molar refractivity (Wildman–Crippen MR) is 120 cm³/mol. The van der Waals surface area contributed by atoms with Gasteiger partial charge in [0, 0.05) is 31.5 Å². The van der Waals surface area contributed by atoms with Crippen LogP contribution in [0.25, 0.3) is 0 Å². The number of piperidine rings is 1. The van der Waals surface area contributed by atoms with Crippen LogP contribution in [-0.2, 0) is 16.6 Å². The van der Waals surface area contributed by atoms with E-state index >= 15 is 0 Å². The molecule has 2 aromatic rings. The van der Waals surface area contributed by atoms with Crippen molar-refractivity contribution in [2.45, 2.75) is 50.8 Å². The highest BCUT2D eigenvalue weighted by molar-refractivity contribution is 6.04. The molecule has 9 heteroatoms. The quantitative estimate of drug-likeness (QED) is 0.406. The largest absolute Gasteiger partial charge is 0.416 e. The Balaban J connectivity index is 1.54. The standard InChI is InChI=1S/C25H28F4N2O3/c1-2-23(33)30-21-16-19(26)8-9-20(21)22(32)7-4-12-31-13-10-24(34,11-14-31)17-5-3-6-18(15-17)25(27,28)29/h3,5-6,8-9,15-16,34H,2,4,7,10-14H2,1H3,(H,30,33). The summed E-state index contributed by atoms with van der Waals surface area (Å²) in [5, 5.41) is 13.5. The number of rotatable bonds is 8. The second-order valence-corrected chi connectivity index (χ2v) is 8.57. The molecule has 1 saturated heterocycles. The fourth-order valence-corrected chi connectivity index (χ4v) is 4.12. The van der Waals surface area contributed by atoms with Gasteiger partial charge in [-0.1, -0.05) is 19.1 Å². The predicted octanol–water partition coefficient (Wildman–Crippen LogP) is 5.14. The molecule has 1 aliphatic heterocycles. The highest BCUT2D eigenvalue weighted by Gasteiger charge is 2.37. The maximum atomic E-state index is 13.6. The number of hydrogen-bond donors (Lipinski definition) is 2. The Morgan fingerprint density at radius 3 is 2.47 bits per heavy atom. The number of Topliss-reactive ketones (excluding diaryl/α,β-unsaturated/α-hetero) is 1. The third kappa shape index (κ3) is 6.42. The molecule has 2 N–H and O–H groups in total. The first-order valence-electron chi connectivity index (χ1n) is 11.3. The van der Waals surface area contributed by atoms with Gasteiger partial charge in [-0.2, -0.15) is 13.2 Å². The second kappa shape index (κ2) is 10.7. The number of benzene rings is 2. The average molecular weight is 481 g/mol. The maximum absolute atomic E-state index is 13.6. The monoisotopic (exact) mass is 480 g/mol. The minimum atomic E-state index is -4.47. The molecule has 1 heterocycles. The molecule has 0 bridgehead atoms. The van der Waals surface area contributed by atoms with E-state index in [-0.39, 0.29) is 54.2 Å². The number of halogens is 4. The van der Waals surface area contributed by atoms with Crippen LogP contribution in [0.3, 0.4) is 0 Å². The lowest BCUT2D eigenvalue weighted by atomic mass is 9.83. The lowest BCUT2D eigenvalue weighted by Gasteiger charge is -2.38. The van der Waals surface area contributed by atoms with Crippen LogP contribution in [0.5, 0.6) is 0 Å². The highest BCUT2D eigenvalue weighted by atomic mass is 19.4. The molecule has 34 heavy (non-hydrogen) atoms. The van der Waals surface area contributed by atoms with Gasteiger partial charge in [0.2, 0.25) is 5.91 Å². The van der Waals surface area contributed by atoms with Crippen molar-refractivity contribution in [1.29, 1.82) is 0 Å². The van der Waals surface area contributed by atoms with E-state index in [2.05, 4.69) is 10.2 Å². The SMILES string of the molecule is CCC(=O)Nc1cc(F)ccc1C(=O)CCCN1CCC(O)(c2cccc(C(F)(F)F)c2)CC1. The molecule has 0 aliphatic carbocycles. The van der Waals surface area contributed by atoms with Crippen molar-refractivity contribution < 1.29 is 32.3 Å². The maximum Gasteiger partial charge on any atom is 0.416 e. The lowest BCUT2D eigenvalue weighted by molar-refractivity contribution is -0.137. The Labute approximate surface area is 195 Å².